The van der Waals surface area contributed by atoms with E-state index in [0.717, 1.165) is 0 Å². The van der Waals surface area contributed by atoms with Crippen LogP contribution in [0.2, 0.25) is 0 Å². The van der Waals surface area contributed by atoms with Crippen molar-refractivity contribution < 1.29 is 50.1 Å². The maximum absolute atomic E-state index is 10.4. The van der Waals surface area contributed by atoms with Gasteiger partial charge in [0.15, 0.2) is 0 Å². The predicted molar refractivity (Wildman–Crippen MR) is 65.0 cm³/mol. The van der Waals surface area contributed by atoms with Crippen LogP contribution in [0.5, 0.6) is 0 Å². The van der Waals surface area contributed by atoms with Gasteiger partial charge in [-0.2, -0.15) is 0 Å². The SMILES string of the molecule is O=[As]([O-])([O-])c1ccccc1.O=[As]([O-])([O-])c1ccccc1.[Zr+4]. The second kappa shape index (κ2) is 9.12. The Kier molecular flexibility index (Phi) is 9.06. The minimum Gasteiger partial charge on any atom is 4.00 e. The van der Waals surface area contributed by atoms with Crippen LogP contribution in [0.25, 0.3) is 0 Å². The minimum atomic E-state index is -5.10. The Morgan fingerprint density at radius 2 is 0.810 bits per heavy atom. The Labute approximate surface area is 147 Å². The van der Waals surface area contributed by atoms with Crippen LogP contribution in [0.1, 0.15) is 0 Å². The van der Waals surface area contributed by atoms with Gasteiger partial charge in [0.1, 0.15) is 0 Å². The van der Waals surface area contributed by atoms with Crippen molar-refractivity contribution in [2.24, 2.45) is 0 Å². The van der Waals surface area contributed by atoms with Crippen molar-refractivity contribution >= 4 is 37.0 Å². The molecule has 0 radical (unpaired) electrons. The second-order valence-electron chi connectivity index (χ2n) is 3.67. The molecule has 0 fully saturated rings. The fraction of sp³-hybridized carbons (Fsp3) is 0. The molecular weight excluding hydrogens is 481 g/mol. The van der Waals surface area contributed by atoms with Gasteiger partial charge in [-0.15, -0.1) is 0 Å². The van der Waals surface area contributed by atoms with Gasteiger partial charge in [-0.3, -0.25) is 0 Å². The van der Waals surface area contributed by atoms with Gasteiger partial charge in [0.25, 0.3) is 0 Å². The molecule has 0 aliphatic heterocycles. The largest absolute Gasteiger partial charge is 4.00 e. The maximum atomic E-state index is 10.4. The average Bonchev–Trinajstić information content (AvgIpc) is 2.40. The summed E-state index contributed by atoms with van der Waals surface area (Å²) in [6.45, 7) is 0. The van der Waals surface area contributed by atoms with Gasteiger partial charge in [-0.05, 0) is 0 Å². The summed E-state index contributed by atoms with van der Waals surface area (Å²) >= 11 is -10.2. The quantitative estimate of drug-likeness (QED) is 0.394. The summed E-state index contributed by atoms with van der Waals surface area (Å²) in [5.74, 6) is 0. The zero-order valence-electron chi connectivity index (χ0n) is 10.6. The minimum absolute atomic E-state index is 0. The average molecular weight is 491 g/mol. The zero-order valence-corrected chi connectivity index (χ0v) is 16.8. The standard InChI is InChI=1S/2C6H7AsO3.Zr/c2*8-7(9,10)6-4-2-1-3-5-6;/h2*1-5H,(H2,8,9,10);/q;;+4/p-4. The molecule has 0 amide bonds. The molecule has 0 atom stereocenters. The first-order valence-electron chi connectivity index (χ1n) is 5.36. The molecule has 0 heterocycles. The van der Waals surface area contributed by atoms with Gasteiger partial charge in [0.2, 0.25) is 0 Å². The van der Waals surface area contributed by atoms with E-state index < -0.39 is 28.3 Å². The third kappa shape index (κ3) is 8.18. The van der Waals surface area contributed by atoms with Crippen molar-refractivity contribution in [3.63, 3.8) is 0 Å². The molecule has 0 aliphatic carbocycles. The fourth-order valence-electron chi connectivity index (χ4n) is 1.22. The van der Waals surface area contributed by atoms with E-state index >= 15 is 0 Å². The van der Waals surface area contributed by atoms with Crippen LogP contribution in [0, 0.1) is 0 Å². The third-order valence-corrected chi connectivity index (χ3v) is 6.05. The van der Waals surface area contributed by atoms with Crippen molar-refractivity contribution in [2.45, 2.75) is 0 Å². The van der Waals surface area contributed by atoms with E-state index in [1.807, 2.05) is 0 Å². The number of benzene rings is 2. The molecule has 0 saturated carbocycles. The summed E-state index contributed by atoms with van der Waals surface area (Å²) in [6.07, 6.45) is 0. The van der Waals surface area contributed by atoms with Gasteiger partial charge >= 0.3 is 148 Å². The van der Waals surface area contributed by atoms with Crippen LogP contribution >= 0.6 is 0 Å². The number of hydrogen-bond donors (Lipinski definition) is 0. The molecule has 0 aliphatic rings. The van der Waals surface area contributed by atoms with Crippen LogP contribution in [-0.4, -0.2) is 28.3 Å². The molecule has 0 N–H and O–H groups in total. The van der Waals surface area contributed by atoms with Gasteiger partial charge in [0, 0.05) is 0 Å². The van der Waals surface area contributed by atoms with E-state index in [1.54, 1.807) is 12.1 Å². The molecule has 6 nitrogen and oxygen atoms in total. The van der Waals surface area contributed by atoms with E-state index in [4.69, 9.17) is 0 Å². The normalized spacial score (nSPS) is 10.9. The molecule has 2 aromatic carbocycles. The molecule has 2 aromatic rings. The molecule has 0 unspecified atom stereocenters. The van der Waals surface area contributed by atoms with Crippen LogP contribution in [0.15, 0.2) is 60.7 Å². The first kappa shape index (κ1) is 20.9. The van der Waals surface area contributed by atoms with Crippen molar-refractivity contribution in [1.82, 2.24) is 0 Å². The molecular formula is C12H10As2O6Zr. The smallest absolute Gasteiger partial charge is 4.00 e. The van der Waals surface area contributed by atoms with E-state index in [1.165, 1.54) is 48.5 Å². The molecule has 2 rings (SSSR count). The van der Waals surface area contributed by atoms with E-state index in [9.17, 15) is 23.9 Å². The van der Waals surface area contributed by atoms with E-state index in [-0.39, 0.29) is 34.9 Å². The summed E-state index contributed by atoms with van der Waals surface area (Å²) < 4.78 is 62.0. The monoisotopic (exact) mass is 490 g/mol. The first-order chi connectivity index (χ1) is 9.21. The molecule has 0 saturated heterocycles. The number of rotatable bonds is 2. The number of hydrogen-bond acceptors (Lipinski definition) is 6. The summed E-state index contributed by atoms with van der Waals surface area (Å²) in [4.78, 5) is 0. The second-order valence-corrected chi connectivity index (χ2v) is 10.0. The summed E-state index contributed by atoms with van der Waals surface area (Å²) in [6, 6.07) is 14.7. The molecule has 0 spiro atoms. The molecule has 108 valence electrons. The Bertz CT molecular complexity index is 565. The van der Waals surface area contributed by atoms with Crippen LogP contribution in [0.3, 0.4) is 0 Å². The first-order valence-corrected chi connectivity index (χ1v) is 11.8. The van der Waals surface area contributed by atoms with Crippen LogP contribution < -0.4 is 25.1 Å². The van der Waals surface area contributed by atoms with E-state index in [2.05, 4.69) is 0 Å². The summed E-state index contributed by atoms with van der Waals surface area (Å²) in [5.41, 5.74) is 0. The van der Waals surface area contributed by atoms with Crippen molar-refractivity contribution in [3.8, 4) is 0 Å². The van der Waals surface area contributed by atoms with Gasteiger partial charge < -0.3 is 0 Å². The third-order valence-electron chi connectivity index (χ3n) is 2.14. The summed E-state index contributed by atoms with van der Waals surface area (Å²) in [7, 11) is 0. The van der Waals surface area contributed by atoms with Gasteiger partial charge in [-0.1, -0.05) is 0 Å². The fourth-order valence-corrected chi connectivity index (χ4v) is 3.48. The van der Waals surface area contributed by atoms with E-state index in [0.29, 0.717) is 0 Å². The molecule has 0 bridgehead atoms. The van der Waals surface area contributed by atoms with Crippen LogP contribution in [-0.2, 0) is 33.7 Å². The maximum Gasteiger partial charge on any atom is 4.00 e. The van der Waals surface area contributed by atoms with Crippen molar-refractivity contribution in [1.29, 1.82) is 0 Å². The molecule has 21 heavy (non-hydrogen) atoms. The van der Waals surface area contributed by atoms with Gasteiger partial charge in [-0.25, -0.2) is 0 Å². The van der Waals surface area contributed by atoms with Gasteiger partial charge in [0.05, 0.1) is 0 Å². The predicted octanol–water partition coefficient (Wildman–Crippen LogP) is -4.04. The van der Waals surface area contributed by atoms with Crippen molar-refractivity contribution in [3.05, 3.63) is 60.7 Å². The zero-order chi connectivity index (χ0) is 15.2. The van der Waals surface area contributed by atoms with Crippen LogP contribution in [0.4, 0.5) is 0 Å². The topological polar surface area (TPSA) is 126 Å². The summed E-state index contributed by atoms with van der Waals surface area (Å²) in [5, 5.41) is 0. The molecule has 0 aromatic heterocycles. The Morgan fingerprint density at radius 1 is 0.571 bits per heavy atom. The Hall–Kier alpha value is -0.120. The Morgan fingerprint density at radius 3 is 0.952 bits per heavy atom. The molecule has 9 heteroatoms. The Balaban J connectivity index is 0.000000364. The van der Waals surface area contributed by atoms with Crippen molar-refractivity contribution in [2.75, 3.05) is 0 Å².